The molecule has 2 aliphatic rings. The number of allylic oxidation sites excluding steroid dienone is 2. The summed E-state index contributed by atoms with van der Waals surface area (Å²) in [5, 5.41) is 0.783. The molecule has 0 aliphatic carbocycles. The molecule has 26 heavy (non-hydrogen) atoms. The molecular formula is C21H17ClS4. The Morgan fingerprint density at radius 1 is 0.577 bits per heavy atom. The first-order chi connectivity index (χ1) is 12.5. The van der Waals surface area contributed by atoms with Crippen LogP contribution in [-0.2, 0) is 0 Å². The Bertz CT molecular complexity index is 871. The molecule has 5 heteroatoms. The van der Waals surface area contributed by atoms with Gasteiger partial charge in [0.05, 0.1) is 8.47 Å². The van der Waals surface area contributed by atoms with Crippen LogP contribution >= 0.6 is 58.6 Å². The number of benzene rings is 2. The molecule has 0 fully saturated rings. The minimum Gasteiger partial charge on any atom is -0.0845 e. The van der Waals surface area contributed by atoms with Gasteiger partial charge in [-0.3, -0.25) is 0 Å². The summed E-state index contributed by atoms with van der Waals surface area (Å²) in [7, 11) is 0. The molecule has 0 saturated heterocycles. The predicted molar refractivity (Wildman–Crippen MR) is 125 cm³/mol. The Kier molecular flexibility index (Phi) is 5.58. The number of rotatable bonds is 2. The van der Waals surface area contributed by atoms with Crippen molar-refractivity contribution in [2.75, 3.05) is 0 Å². The van der Waals surface area contributed by atoms with Gasteiger partial charge in [-0.2, -0.15) is 0 Å². The zero-order valence-electron chi connectivity index (χ0n) is 14.6. The van der Waals surface area contributed by atoms with Crippen molar-refractivity contribution in [2.45, 2.75) is 20.8 Å². The van der Waals surface area contributed by atoms with Gasteiger partial charge in [-0.15, -0.1) is 0 Å². The van der Waals surface area contributed by atoms with Crippen LogP contribution in [0.15, 0.2) is 66.8 Å². The summed E-state index contributed by atoms with van der Waals surface area (Å²) < 4.78 is 2.79. The van der Waals surface area contributed by atoms with Crippen LogP contribution in [0.2, 0.25) is 5.02 Å². The van der Waals surface area contributed by atoms with Gasteiger partial charge < -0.3 is 0 Å². The van der Waals surface area contributed by atoms with Gasteiger partial charge in [0.25, 0.3) is 0 Å². The maximum atomic E-state index is 6.04. The summed E-state index contributed by atoms with van der Waals surface area (Å²) in [6.45, 7) is 6.57. The van der Waals surface area contributed by atoms with E-state index in [9.17, 15) is 0 Å². The summed E-state index contributed by atoms with van der Waals surface area (Å²) in [5.74, 6) is 0. The molecular weight excluding hydrogens is 416 g/mol. The highest BCUT2D eigenvalue weighted by Gasteiger charge is 2.28. The van der Waals surface area contributed by atoms with E-state index in [4.69, 9.17) is 11.6 Å². The highest BCUT2D eigenvalue weighted by atomic mass is 35.5. The topological polar surface area (TPSA) is 0 Å². The smallest absolute Gasteiger partial charge is 0.0703 e. The normalized spacial score (nSPS) is 20.5. The van der Waals surface area contributed by atoms with Crippen LogP contribution < -0.4 is 0 Å². The molecule has 2 aromatic rings. The van der Waals surface area contributed by atoms with E-state index < -0.39 is 0 Å². The fourth-order valence-electron chi connectivity index (χ4n) is 2.74. The van der Waals surface area contributed by atoms with Crippen molar-refractivity contribution in [3.8, 4) is 0 Å². The summed E-state index contributed by atoms with van der Waals surface area (Å²) in [5.41, 5.74) is 3.86. The average molecular weight is 433 g/mol. The van der Waals surface area contributed by atoms with Crippen LogP contribution in [0.1, 0.15) is 30.5 Å². The van der Waals surface area contributed by atoms with Crippen molar-refractivity contribution in [1.29, 1.82) is 0 Å². The lowest BCUT2D eigenvalue weighted by molar-refractivity contribution is 1.46. The van der Waals surface area contributed by atoms with Crippen LogP contribution in [0.3, 0.4) is 0 Å². The number of hydrogen-bond acceptors (Lipinski definition) is 4. The lowest BCUT2D eigenvalue weighted by Crippen LogP contribution is -1.79. The Balaban J connectivity index is 1.57. The van der Waals surface area contributed by atoms with Crippen molar-refractivity contribution in [3.63, 3.8) is 0 Å². The lowest BCUT2D eigenvalue weighted by atomic mass is 10.1. The molecule has 2 heterocycles. The molecule has 2 aliphatic heterocycles. The Hall–Kier alpha value is -0.650. The van der Waals surface area contributed by atoms with Crippen molar-refractivity contribution in [3.05, 3.63) is 88.5 Å². The zero-order valence-corrected chi connectivity index (χ0v) is 18.7. The molecule has 0 atom stereocenters. The second-order valence-corrected chi connectivity index (χ2v) is 11.6. The molecule has 0 aromatic heterocycles. The molecule has 0 amide bonds. The van der Waals surface area contributed by atoms with E-state index >= 15 is 0 Å². The van der Waals surface area contributed by atoms with Gasteiger partial charge in [-0.1, -0.05) is 101 Å². The lowest BCUT2D eigenvalue weighted by Gasteiger charge is -2.05. The monoisotopic (exact) mass is 432 g/mol. The summed E-state index contributed by atoms with van der Waals surface area (Å²) in [6.07, 6.45) is 0. The summed E-state index contributed by atoms with van der Waals surface area (Å²) in [6, 6.07) is 17.0. The van der Waals surface area contributed by atoms with E-state index in [0.29, 0.717) is 0 Å². The van der Waals surface area contributed by atoms with Gasteiger partial charge in [0, 0.05) is 24.6 Å². The second-order valence-electron chi connectivity index (χ2n) is 6.13. The standard InChI is InChI=1S/C21H17ClS4/c1-12-4-6-15(7-5-12)18-13(2)23-20(25-18)21-24-14(3)19(26-21)16-8-10-17(22)11-9-16/h4-11H,1-3H3/b21-20+. The van der Waals surface area contributed by atoms with Crippen molar-refractivity contribution >= 4 is 68.5 Å². The summed E-state index contributed by atoms with van der Waals surface area (Å²) >= 11 is 13.6. The number of hydrogen-bond donors (Lipinski definition) is 0. The molecule has 0 bridgehead atoms. The van der Waals surface area contributed by atoms with Gasteiger partial charge in [-0.05, 0) is 44.0 Å². The SMILES string of the molecule is CC1=C(c2ccc(C)cc2)S/C(=C2\SC(C)=C(c3ccc(Cl)cc3)S2)S1. The van der Waals surface area contributed by atoms with E-state index in [1.54, 1.807) is 0 Å². The van der Waals surface area contributed by atoms with Gasteiger partial charge in [0.15, 0.2) is 0 Å². The van der Waals surface area contributed by atoms with Crippen molar-refractivity contribution in [2.24, 2.45) is 0 Å². The van der Waals surface area contributed by atoms with Crippen LogP contribution in [-0.4, -0.2) is 0 Å². The highest BCUT2D eigenvalue weighted by Crippen LogP contribution is 2.63. The highest BCUT2D eigenvalue weighted by molar-refractivity contribution is 8.37. The predicted octanol–water partition coefficient (Wildman–Crippen LogP) is 8.81. The minimum atomic E-state index is 0.783. The third-order valence-corrected chi connectivity index (χ3v) is 10.2. The average Bonchev–Trinajstić information content (AvgIpc) is 3.20. The van der Waals surface area contributed by atoms with Crippen LogP contribution in [0.5, 0.6) is 0 Å². The van der Waals surface area contributed by atoms with Crippen LogP contribution in [0, 0.1) is 6.92 Å². The third-order valence-electron chi connectivity index (χ3n) is 4.11. The molecule has 0 N–H and O–H groups in total. The number of aryl methyl sites for hydroxylation is 1. The zero-order chi connectivity index (χ0) is 18.3. The Morgan fingerprint density at radius 2 is 1.00 bits per heavy atom. The van der Waals surface area contributed by atoms with E-state index in [0.717, 1.165) is 5.02 Å². The maximum absolute atomic E-state index is 6.04. The second kappa shape index (κ2) is 7.76. The first-order valence-corrected chi connectivity index (χ1v) is 11.9. The van der Waals surface area contributed by atoms with Gasteiger partial charge in [0.1, 0.15) is 0 Å². The molecule has 0 saturated carbocycles. The molecule has 132 valence electrons. The van der Waals surface area contributed by atoms with E-state index in [2.05, 4.69) is 57.2 Å². The van der Waals surface area contributed by atoms with E-state index in [1.165, 1.54) is 44.8 Å². The van der Waals surface area contributed by atoms with Gasteiger partial charge in [-0.25, -0.2) is 0 Å². The molecule has 0 spiro atoms. The van der Waals surface area contributed by atoms with Crippen LogP contribution in [0.25, 0.3) is 9.81 Å². The Labute approximate surface area is 176 Å². The fraction of sp³-hybridized carbons (Fsp3) is 0.143. The van der Waals surface area contributed by atoms with E-state index in [-0.39, 0.29) is 0 Å². The first kappa shape index (κ1) is 18.7. The summed E-state index contributed by atoms with van der Waals surface area (Å²) in [4.78, 5) is 5.48. The maximum Gasteiger partial charge on any atom is 0.0703 e. The largest absolute Gasteiger partial charge is 0.0845 e. The van der Waals surface area contributed by atoms with Gasteiger partial charge >= 0.3 is 0 Å². The molecule has 2 aromatic carbocycles. The number of halogens is 1. The van der Waals surface area contributed by atoms with Crippen LogP contribution in [0.4, 0.5) is 0 Å². The first-order valence-electron chi connectivity index (χ1n) is 8.21. The third kappa shape index (κ3) is 3.81. The fourth-order valence-corrected chi connectivity index (χ4v) is 8.42. The van der Waals surface area contributed by atoms with E-state index in [1.807, 2.05) is 59.2 Å². The van der Waals surface area contributed by atoms with Gasteiger partial charge in [0.2, 0.25) is 0 Å². The quantitative estimate of drug-likeness (QED) is 0.464. The Morgan fingerprint density at radius 3 is 1.46 bits per heavy atom. The number of thioether (sulfide) groups is 4. The minimum absolute atomic E-state index is 0.783. The molecule has 0 unspecified atom stereocenters. The molecule has 0 nitrogen and oxygen atoms in total. The molecule has 4 rings (SSSR count). The molecule has 0 radical (unpaired) electrons. The van der Waals surface area contributed by atoms with Crippen molar-refractivity contribution < 1.29 is 0 Å². The van der Waals surface area contributed by atoms with Crippen molar-refractivity contribution in [1.82, 2.24) is 0 Å².